The lowest BCUT2D eigenvalue weighted by Gasteiger charge is -2.07. The lowest BCUT2D eigenvalue weighted by atomic mass is 10.2. The average molecular weight is 282 g/mol. The van der Waals surface area contributed by atoms with Crippen molar-refractivity contribution in [3.05, 3.63) is 29.8 Å². The lowest BCUT2D eigenvalue weighted by Crippen LogP contribution is -2.22. The minimum atomic E-state index is -4.82. The zero-order valence-electron chi connectivity index (χ0n) is 9.77. The van der Waals surface area contributed by atoms with Crippen molar-refractivity contribution in [2.24, 2.45) is 0 Å². The summed E-state index contributed by atoms with van der Waals surface area (Å²) in [4.78, 5) is 10.5. The Morgan fingerprint density at radius 3 is 2.47 bits per heavy atom. The summed E-state index contributed by atoms with van der Waals surface area (Å²) >= 11 is 0. The van der Waals surface area contributed by atoms with Crippen molar-refractivity contribution in [1.29, 1.82) is 0 Å². The fourth-order valence-electron chi connectivity index (χ4n) is 1.30. The van der Waals surface area contributed by atoms with Gasteiger partial charge in [0, 0.05) is 12.5 Å². The van der Waals surface area contributed by atoms with Crippen LogP contribution < -0.4 is 4.74 Å². The number of hydrogen-bond donors (Lipinski definition) is 0. The van der Waals surface area contributed by atoms with E-state index in [0.29, 0.717) is 0 Å². The largest absolute Gasteiger partial charge is 0.490 e. The van der Waals surface area contributed by atoms with Crippen LogP contribution in [0.25, 0.3) is 0 Å². The number of carbonyl (C=O) groups excluding carboxylic acids is 1. The average Bonchev–Trinajstić information content (AvgIpc) is 2.31. The van der Waals surface area contributed by atoms with Crippen LogP contribution in [0.3, 0.4) is 0 Å². The highest BCUT2D eigenvalue weighted by atomic mass is 19.4. The van der Waals surface area contributed by atoms with E-state index >= 15 is 0 Å². The molecule has 0 bridgehead atoms. The van der Waals surface area contributed by atoms with Gasteiger partial charge in [-0.3, -0.25) is 4.79 Å². The highest BCUT2D eigenvalue weighted by Crippen LogP contribution is 2.20. The van der Waals surface area contributed by atoms with Crippen LogP contribution in [0.15, 0.2) is 18.2 Å². The molecule has 0 aromatic heterocycles. The second kappa shape index (κ2) is 6.49. The first-order chi connectivity index (χ1) is 8.80. The molecule has 0 aliphatic carbocycles. The fraction of sp³-hybridized carbons (Fsp3) is 0.417. The summed E-state index contributed by atoms with van der Waals surface area (Å²) in [7, 11) is 0. The van der Waals surface area contributed by atoms with Crippen molar-refractivity contribution in [2.75, 3.05) is 6.61 Å². The van der Waals surface area contributed by atoms with E-state index in [1.807, 2.05) is 0 Å². The third-order valence-corrected chi connectivity index (χ3v) is 2.27. The van der Waals surface area contributed by atoms with Crippen molar-refractivity contribution in [2.45, 2.75) is 25.4 Å². The summed E-state index contributed by atoms with van der Waals surface area (Å²) in [5.41, 5.74) is 0. The molecule has 0 atom stereocenters. The molecule has 0 unspecified atom stereocenters. The van der Waals surface area contributed by atoms with Gasteiger partial charge in [-0.05, 0) is 25.0 Å². The molecule has 0 saturated heterocycles. The Morgan fingerprint density at radius 2 is 1.84 bits per heavy atom. The zero-order chi connectivity index (χ0) is 14.5. The quantitative estimate of drug-likeness (QED) is 0.588. The molecule has 1 aromatic rings. The van der Waals surface area contributed by atoms with E-state index in [4.69, 9.17) is 4.74 Å². The molecule has 0 amide bonds. The number of alkyl halides is 3. The number of rotatable bonds is 6. The van der Waals surface area contributed by atoms with E-state index in [-0.39, 0.29) is 25.2 Å². The van der Waals surface area contributed by atoms with E-state index in [0.717, 1.165) is 18.2 Å². The molecule has 106 valence electrons. The lowest BCUT2D eigenvalue weighted by molar-refractivity contribution is -0.171. The van der Waals surface area contributed by atoms with Gasteiger partial charge in [0.1, 0.15) is 5.82 Å². The molecule has 0 N–H and O–H groups in total. The van der Waals surface area contributed by atoms with Crippen molar-refractivity contribution >= 4 is 5.78 Å². The maximum Gasteiger partial charge on any atom is 0.449 e. The number of ether oxygens (including phenoxy) is 1. The standard InChI is InChI=1S/C12H11F5O2/c13-8-4-5-9(14)10(7-8)19-6-2-1-3-11(18)12(15,16)17/h4-5,7H,1-3,6H2. The number of ketones is 1. The predicted molar refractivity (Wildman–Crippen MR) is 56.8 cm³/mol. The van der Waals surface area contributed by atoms with Gasteiger partial charge in [0.15, 0.2) is 11.6 Å². The Morgan fingerprint density at radius 1 is 1.16 bits per heavy atom. The maximum atomic E-state index is 13.1. The molecule has 0 saturated carbocycles. The maximum absolute atomic E-state index is 13.1. The summed E-state index contributed by atoms with van der Waals surface area (Å²) in [5.74, 6) is -3.54. The molecule has 0 aliphatic heterocycles. The van der Waals surface area contributed by atoms with Crippen molar-refractivity contribution in [1.82, 2.24) is 0 Å². The number of unbranched alkanes of at least 4 members (excludes halogenated alkanes) is 1. The van der Waals surface area contributed by atoms with Gasteiger partial charge in [-0.1, -0.05) is 0 Å². The first-order valence-corrected chi connectivity index (χ1v) is 5.48. The van der Waals surface area contributed by atoms with E-state index in [2.05, 4.69) is 0 Å². The summed E-state index contributed by atoms with van der Waals surface area (Å²) in [6, 6.07) is 2.65. The van der Waals surface area contributed by atoms with Crippen molar-refractivity contribution < 1.29 is 31.5 Å². The minimum absolute atomic E-state index is 0.0325. The van der Waals surface area contributed by atoms with Gasteiger partial charge in [-0.2, -0.15) is 13.2 Å². The second-order valence-corrected chi connectivity index (χ2v) is 3.80. The number of carbonyl (C=O) groups is 1. The molecule has 1 rings (SSSR count). The summed E-state index contributed by atoms with van der Waals surface area (Å²) < 4.78 is 66.2. The van der Waals surface area contributed by atoms with Gasteiger partial charge in [-0.25, -0.2) is 8.78 Å². The van der Waals surface area contributed by atoms with Crippen molar-refractivity contribution in [3.8, 4) is 5.75 Å². The Kier molecular flexibility index (Phi) is 5.26. The van der Waals surface area contributed by atoms with E-state index in [1.54, 1.807) is 0 Å². The van der Waals surface area contributed by atoms with Crippen LogP contribution in [0.4, 0.5) is 22.0 Å². The van der Waals surface area contributed by atoms with Gasteiger partial charge >= 0.3 is 6.18 Å². The van der Waals surface area contributed by atoms with Crippen LogP contribution in [0, 0.1) is 11.6 Å². The Hall–Kier alpha value is -1.66. The van der Waals surface area contributed by atoms with Gasteiger partial charge in [0.2, 0.25) is 5.78 Å². The molecule has 19 heavy (non-hydrogen) atoms. The normalized spacial score (nSPS) is 11.4. The van der Waals surface area contributed by atoms with Crippen LogP contribution in [-0.2, 0) is 4.79 Å². The smallest absolute Gasteiger partial charge is 0.449 e. The molecule has 0 spiro atoms. The first-order valence-electron chi connectivity index (χ1n) is 5.48. The molecule has 0 fully saturated rings. The van der Waals surface area contributed by atoms with Crippen LogP contribution in [0.2, 0.25) is 0 Å². The molecular weight excluding hydrogens is 271 g/mol. The van der Waals surface area contributed by atoms with Gasteiger partial charge in [0.05, 0.1) is 6.61 Å². The number of benzene rings is 1. The summed E-state index contributed by atoms with van der Waals surface area (Å²) in [5, 5.41) is 0. The summed E-state index contributed by atoms with van der Waals surface area (Å²) in [6.07, 6.45) is -5.36. The van der Waals surface area contributed by atoms with E-state index in [9.17, 15) is 26.7 Å². The molecule has 0 radical (unpaired) electrons. The molecule has 7 heteroatoms. The Bertz CT molecular complexity index is 442. The van der Waals surface area contributed by atoms with Gasteiger partial charge < -0.3 is 4.74 Å². The Balaban J connectivity index is 2.28. The monoisotopic (exact) mass is 282 g/mol. The molecular formula is C12H11F5O2. The van der Waals surface area contributed by atoms with E-state index < -0.39 is 30.0 Å². The van der Waals surface area contributed by atoms with Crippen LogP contribution in [0.5, 0.6) is 5.75 Å². The zero-order valence-corrected chi connectivity index (χ0v) is 9.77. The van der Waals surface area contributed by atoms with Crippen LogP contribution in [0.1, 0.15) is 19.3 Å². The third kappa shape index (κ3) is 5.23. The SMILES string of the molecule is O=C(CCCCOc1cc(F)ccc1F)C(F)(F)F. The Labute approximate surface area is 106 Å². The first kappa shape index (κ1) is 15.4. The van der Waals surface area contributed by atoms with Crippen LogP contribution in [-0.4, -0.2) is 18.6 Å². The predicted octanol–water partition coefficient (Wildman–Crippen LogP) is 3.65. The highest BCUT2D eigenvalue weighted by Gasteiger charge is 2.37. The third-order valence-electron chi connectivity index (χ3n) is 2.27. The van der Waals surface area contributed by atoms with E-state index in [1.165, 1.54) is 0 Å². The van der Waals surface area contributed by atoms with Crippen molar-refractivity contribution in [3.63, 3.8) is 0 Å². The molecule has 0 heterocycles. The van der Waals surface area contributed by atoms with Gasteiger partial charge in [0.25, 0.3) is 0 Å². The number of halogens is 5. The molecule has 2 nitrogen and oxygen atoms in total. The van der Waals surface area contributed by atoms with Gasteiger partial charge in [-0.15, -0.1) is 0 Å². The summed E-state index contributed by atoms with van der Waals surface area (Å²) in [6.45, 7) is -0.0918. The number of hydrogen-bond acceptors (Lipinski definition) is 2. The van der Waals surface area contributed by atoms with Crippen LogP contribution >= 0.6 is 0 Å². The minimum Gasteiger partial charge on any atom is -0.490 e. The second-order valence-electron chi connectivity index (χ2n) is 3.80. The molecule has 0 aliphatic rings. The highest BCUT2D eigenvalue weighted by molar-refractivity contribution is 5.83. The topological polar surface area (TPSA) is 26.3 Å². The fourth-order valence-corrected chi connectivity index (χ4v) is 1.30. The molecule has 1 aromatic carbocycles. The number of Topliss-reactive ketones (excluding diaryl/α,β-unsaturated/α-hetero) is 1.